The Hall–Kier alpha value is -5.64. The highest BCUT2D eigenvalue weighted by atomic mass is 32.1. The van der Waals surface area contributed by atoms with Crippen LogP contribution < -0.4 is 20.1 Å². The first-order valence-electron chi connectivity index (χ1n) is 16.4. The summed E-state index contributed by atoms with van der Waals surface area (Å²) in [6.07, 6.45) is 1.20. The molecule has 0 spiro atoms. The van der Waals surface area contributed by atoms with Gasteiger partial charge in [-0.25, -0.2) is 19.6 Å². The van der Waals surface area contributed by atoms with Crippen LogP contribution in [0.3, 0.4) is 0 Å². The zero-order chi connectivity index (χ0) is 38.3. The van der Waals surface area contributed by atoms with Crippen molar-refractivity contribution in [2.45, 2.75) is 46.2 Å². The van der Waals surface area contributed by atoms with Crippen LogP contribution in [0.15, 0.2) is 77.5 Å². The molecule has 0 unspecified atom stereocenters. The Morgan fingerprint density at radius 2 is 1.17 bits per heavy atom. The Bertz CT molecular complexity index is 1910. The minimum absolute atomic E-state index is 0.0908. The van der Waals surface area contributed by atoms with Crippen molar-refractivity contribution in [3.63, 3.8) is 0 Å². The van der Waals surface area contributed by atoms with Crippen LogP contribution in [-0.2, 0) is 51.5 Å². The zero-order valence-corrected chi connectivity index (χ0v) is 31.4. The van der Waals surface area contributed by atoms with Crippen molar-refractivity contribution in [1.82, 2.24) is 14.9 Å². The number of anilines is 2. The number of hydrogen-bond donors (Lipinski definition) is 4. The number of carboxylic acids is 2. The quantitative estimate of drug-likeness (QED) is 0.0921. The summed E-state index contributed by atoms with van der Waals surface area (Å²) in [6, 6.07) is 21.4. The van der Waals surface area contributed by atoms with Gasteiger partial charge in [0.1, 0.15) is 10.0 Å². The van der Waals surface area contributed by atoms with Gasteiger partial charge in [0.15, 0.2) is 11.5 Å². The van der Waals surface area contributed by atoms with E-state index in [-0.39, 0.29) is 24.7 Å². The number of carbonyl (C=O) groups is 4. The van der Waals surface area contributed by atoms with Crippen LogP contribution in [0.2, 0.25) is 0 Å². The van der Waals surface area contributed by atoms with E-state index in [2.05, 4.69) is 15.5 Å². The monoisotopic (exact) mass is 759 g/mol. The largest absolute Gasteiger partial charge is 0.493 e. The van der Waals surface area contributed by atoms with Crippen LogP contribution in [0.4, 0.5) is 11.4 Å². The molecule has 0 fully saturated rings. The summed E-state index contributed by atoms with van der Waals surface area (Å²) in [7, 11) is 3.26. The maximum Gasteiger partial charge on any atom is 0.414 e. The van der Waals surface area contributed by atoms with Crippen molar-refractivity contribution in [1.29, 1.82) is 0 Å². The van der Waals surface area contributed by atoms with Crippen molar-refractivity contribution in [3.05, 3.63) is 116 Å². The number of hydrogen-bond acceptors (Lipinski definition) is 11. The highest BCUT2D eigenvalue weighted by Crippen LogP contribution is 2.28. The SMILES string of the molecule is COc1ccc(CCN(Cc2csc(CC(=O)Nc3ccccc3C)n2)Cc2csc(CC(=O)Nc3ccccc3C)n2)cc1OC.O=C(O)C(=O)O. The summed E-state index contributed by atoms with van der Waals surface area (Å²) in [5.41, 5.74) is 6.57. The van der Waals surface area contributed by atoms with Crippen molar-refractivity contribution in [3.8, 4) is 11.5 Å². The van der Waals surface area contributed by atoms with E-state index >= 15 is 0 Å². The van der Waals surface area contributed by atoms with Gasteiger partial charge >= 0.3 is 11.9 Å². The van der Waals surface area contributed by atoms with Gasteiger partial charge in [-0.1, -0.05) is 42.5 Å². The number of nitrogens with zero attached hydrogens (tertiary/aromatic N) is 3. The first-order valence-corrected chi connectivity index (χ1v) is 18.2. The highest BCUT2D eigenvalue weighted by Gasteiger charge is 2.16. The number of aromatic nitrogens is 2. The normalized spacial score (nSPS) is 10.6. The van der Waals surface area contributed by atoms with Gasteiger partial charge in [-0.05, 0) is 61.2 Å². The van der Waals surface area contributed by atoms with Crippen LogP contribution in [0, 0.1) is 13.8 Å². The number of ether oxygens (including phenoxy) is 2. The molecule has 0 aliphatic rings. The lowest BCUT2D eigenvalue weighted by molar-refractivity contribution is -0.159. The van der Waals surface area contributed by atoms with Crippen LogP contribution in [0.1, 0.15) is 38.1 Å². The summed E-state index contributed by atoms with van der Waals surface area (Å²) >= 11 is 2.98. The predicted octanol–water partition coefficient (Wildman–Crippen LogP) is 6.00. The Balaban J connectivity index is 0.000000964. The minimum atomic E-state index is -1.82. The maximum atomic E-state index is 12.8. The molecule has 2 heterocycles. The molecule has 13 nitrogen and oxygen atoms in total. The molecule has 5 rings (SSSR count). The highest BCUT2D eigenvalue weighted by molar-refractivity contribution is 7.10. The third kappa shape index (κ3) is 12.8. The van der Waals surface area contributed by atoms with E-state index in [0.29, 0.717) is 24.6 Å². The third-order valence-electron chi connectivity index (χ3n) is 7.78. The van der Waals surface area contributed by atoms with Gasteiger partial charge in [0.25, 0.3) is 0 Å². The minimum Gasteiger partial charge on any atom is -0.493 e. The van der Waals surface area contributed by atoms with Gasteiger partial charge in [-0.15, -0.1) is 22.7 Å². The molecule has 4 N–H and O–H groups in total. The Morgan fingerprint density at radius 1 is 0.698 bits per heavy atom. The standard InChI is InChI=1S/C36H39N5O4S2.C2H2O4/c1-24-9-5-7-11-29(24)39-33(42)18-35-37-27(22-46-35)20-41(16-15-26-13-14-31(44-3)32(17-26)45-4)21-28-23-47-36(38-28)19-34(43)40-30-12-8-6-10-25(30)2;3-1(4)2(5)6/h5-14,17,22-23H,15-16,18-21H2,1-4H3,(H,39,42)(H,40,43);(H,3,4)(H,5,6). The lowest BCUT2D eigenvalue weighted by Gasteiger charge is -2.21. The summed E-state index contributed by atoms with van der Waals surface area (Å²) in [6.45, 7) is 5.85. The second-order valence-electron chi connectivity index (χ2n) is 11.8. The number of aliphatic carboxylic acids is 2. The lowest BCUT2D eigenvalue weighted by Crippen LogP contribution is -2.26. The van der Waals surface area contributed by atoms with Crippen LogP contribution in [0.25, 0.3) is 0 Å². The maximum absolute atomic E-state index is 12.8. The van der Waals surface area contributed by atoms with Crippen molar-refractivity contribution in [2.75, 3.05) is 31.4 Å². The fourth-order valence-electron chi connectivity index (χ4n) is 5.09. The molecule has 0 bridgehead atoms. The second-order valence-corrected chi connectivity index (χ2v) is 13.7. The van der Waals surface area contributed by atoms with E-state index in [1.54, 1.807) is 14.2 Å². The second kappa shape index (κ2) is 19.8. The van der Waals surface area contributed by atoms with Gasteiger partial charge in [0.05, 0.1) is 38.4 Å². The number of carboxylic acid groups (broad SMARTS) is 2. The summed E-state index contributed by atoms with van der Waals surface area (Å²) in [5.74, 6) is -2.45. The van der Waals surface area contributed by atoms with E-state index in [4.69, 9.17) is 39.2 Å². The molecule has 15 heteroatoms. The average molecular weight is 760 g/mol. The van der Waals surface area contributed by atoms with Crippen LogP contribution in [-0.4, -0.2) is 69.6 Å². The number of thiazole rings is 2. The Kier molecular flexibility index (Phi) is 15.0. The van der Waals surface area contributed by atoms with Gasteiger partial charge in [-0.3, -0.25) is 14.5 Å². The van der Waals surface area contributed by atoms with Gasteiger partial charge in [-0.2, -0.15) is 0 Å². The smallest absolute Gasteiger partial charge is 0.414 e. The number of para-hydroxylation sites is 2. The van der Waals surface area contributed by atoms with Gasteiger partial charge in [0.2, 0.25) is 11.8 Å². The molecule has 0 radical (unpaired) electrons. The van der Waals surface area contributed by atoms with Crippen molar-refractivity contribution in [2.24, 2.45) is 0 Å². The number of methoxy groups -OCH3 is 2. The first kappa shape index (κ1) is 40.1. The molecule has 2 aromatic heterocycles. The molecule has 53 heavy (non-hydrogen) atoms. The van der Waals surface area contributed by atoms with Crippen LogP contribution >= 0.6 is 22.7 Å². The molecule has 0 aliphatic carbocycles. The first-order chi connectivity index (χ1) is 25.4. The van der Waals surface area contributed by atoms with E-state index in [0.717, 1.165) is 62.4 Å². The predicted molar refractivity (Wildman–Crippen MR) is 204 cm³/mol. The van der Waals surface area contributed by atoms with E-state index < -0.39 is 11.9 Å². The zero-order valence-electron chi connectivity index (χ0n) is 29.8. The van der Waals surface area contributed by atoms with E-state index in [1.165, 1.54) is 22.7 Å². The molecule has 3 aromatic carbocycles. The number of amides is 2. The molecule has 0 atom stereocenters. The topological polar surface area (TPSA) is 180 Å². The molecule has 0 saturated heterocycles. The van der Waals surface area contributed by atoms with Crippen LogP contribution in [0.5, 0.6) is 11.5 Å². The molecule has 5 aromatic rings. The Morgan fingerprint density at radius 3 is 1.60 bits per heavy atom. The van der Waals surface area contributed by atoms with Crippen molar-refractivity contribution >= 4 is 57.8 Å². The lowest BCUT2D eigenvalue weighted by atomic mass is 10.1. The fourth-order valence-corrected chi connectivity index (χ4v) is 6.66. The average Bonchev–Trinajstić information content (AvgIpc) is 3.77. The molecule has 278 valence electrons. The van der Waals surface area contributed by atoms with Gasteiger partial charge in [0, 0.05) is 41.8 Å². The molecule has 0 saturated carbocycles. The summed E-state index contributed by atoms with van der Waals surface area (Å²) < 4.78 is 10.9. The summed E-state index contributed by atoms with van der Waals surface area (Å²) in [4.78, 5) is 55.6. The molecule has 0 aliphatic heterocycles. The number of aryl methyl sites for hydroxylation is 2. The number of carbonyl (C=O) groups excluding carboxylic acids is 2. The Labute approximate surface area is 315 Å². The molecule has 2 amide bonds. The summed E-state index contributed by atoms with van der Waals surface area (Å²) in [5, 5.41) is 26.3. The number of nitrogens with one attached hydrogen (secondary N) is 2. The fraction of sp³-hybridized carbons (Fsp3) is 0.263. The van der Waals surface area contributed by atoms with Crippen molar-refractivity contribution < 1.29 is 38.9 Å². The molecular formula is C38H41N5O8S2. The van der Waals surface area contributed by atoms with Gasteiger partial charge < -0.3 is 30.3 Å². The number of rotatable bonds is 15. The van der Waals surface area contributed by atoms with E-state index in [1.807, 2.05) is 91.3 Å². The van der Waals surface area contributed by atoms with E-state index in [9.17, 15) is 9.59 Å². The number of benzene rings is 3. The third-order valence-corrected chi connectivity index (χ3v) is 9.57. The molecular weight excluding hydrogens is 719 g/mol.